The summed E-state index contributed by atoms with van der Waals surface area (Å²) >= 11 is -1.99. The van der Waals surface area contributed by atoms with Gasteiger partial charge in [0.25, 0.3) is 0 Å². The number of hydrogen-bond donors (Lipinski definition) is 0. The molecule has 27 heavy (non-hydrogen) atoms. The van der Waals surface area contributed by atoms with E-state index < -0.39 is 27.6 Å². The Hall–Kier alpha value is 0.709. The van der Waals surface area contributed by atoms with E-state index in [0.29, 0.717) is 19.8 Å². The van der Waals surface area contributed by atoms with Crippen LogP contribution in [0.15, 0.2) is 0 Å². The van der Waals surface area contributed by atoms with Crippen molar-refractivity contribution >= 4 is 27.6 Å². The fourth-order valence-electron chi connectivity index (χ4n) is 1.95. The second-order valence-electron chi connectivity index (χ2n) is 6.75. The zero-order chi connectivity index (χ0) is 20.8. The summed E-state index contributed by atoms with van der Waals surface area (Å²) in [4.78, 5) is 0. The summed E-state index contributed by atoms with van der Waals surface area (Å²) in [5, 5.41) is 0. The quantitative estimate of drug-likeness (QED) is 0.107. The Bertz CT molecular complexity index is 323. The summed E-state index contributed by atoms with van der Waals surface area (Å²) in [6.45, 7) is 11.8. The Labute approximate surface area is 176 Å². The van der Waals surface area contributed by atoms with Gasteiger partial charge in [-0.2, -0.15) is 0 Å². The molecule has 0 spiro atoms. The fraction of sp³-hybridized carbons (Fsp3) is 1.00. The first-order chi connectivity index (χ1) is 13.0. The van der Waals surface area contributed by atoms with Crippen LogP contribution in [0.5, 0.6) is 0 Å². The van der Waals surface area contributed by atoms with Crippen LogP contribution < -0.4 is 0 Å². The molecular formula is C20H45O5PSn. The molecule has 0 saturated carbocycles. The molecule has 0 rings (SSSR count). The molecule has 0 saturated heterocycles. The normalized spacial score (nSPS) is 11.1. The number of unbranched alkanes of at least 4 members (excludes halogenated alkanes) is 5. The molecule has 0 aromatic carbocycles. The number of rotatable bonds is 18. The van der Waals surface area contributed by atoms with E-state index in [1.165, 1.54) is 25.7 Å². The Morgan fingerprint density at radius 3 is 1.15 bits per heavy atom. The molecule has 0 aliphatic carbocycles. The van der Waals surface area contributed by atoms with Crippen LogP contribution in [0.2, 0.25) is 8.87 Å². The SMILES string of the molecule is CCCCOP(=O)(OCCCC)OCCCC.CCC[CH2][Sn](=[O])[CH2]CCC. The Kier molecular flexibility index (Phi) is 25.5. The number of phosphoric acid groups is 1. The van der Waals surface area contributed by atoms with Crippen LogP contribution in [0.3, 0.4) is 0 Å². The Balaban J connectivity index is 0. The van der Waals surface area contributed by atoms with Crippen molar-refractivity contribution in [3.05, 3.63) is 0 Å². The molecular weight excluding hydrogens is 470 g/mol. The van der Waals surface area contributed by atoms with E-state index >= 15 is 0 Å². The molecule has 0 aromatic rings. The maximum absolute atomic E-state index is 12.2. The van der Waals surface area contributed by atoms with Crippen molar-refractivity contribution in [2.45, 2.75) is 108 Å². The van der Waals surface area contributed by atoms with Gasteiger partial charge in [-0.05, 0) is 19.3 Å². The summed E-state index contributed by atoms with van der Waals surface area (Å²) < 4.78 is 41.4. The van der Waals surface area contributed by atoms with E-state index in [9.17, 15) is 7.64 Å². The topological polar surface area (TPSA) is 61.8 Å². The average molecular weight is 515 g/mol. The van der Waals surface area contributed by atoms with Gasteiger partial charge in [-0.3, -0.25) is 13.6 Å². The second-order valence-corrected chi connectivity index (χ2v) is 14.4. The van der Waals surface area contributed by atoms with Crippen LogP contribution in [0, 0.1) is 0 Å². The van der Waals surface area contributed by atoms with E-state index in [2.05, 4.69) is 34.6 Å². The molecule has 7 heteroatoms. The molecule has 0 aliphatic heterocycles. The first-order valence-electron chi connectivity index (χ1n) is 11.0. The average Bonchev–Trinajstić information content (AvgIpc) is 2.66. The predicted molar refractivity (Wildman–Crippen MR) is 116 cm³/mol. The van der Waals surface area contributed by atoms with Crippen LogP contribution in [-0.2, 0) is 21.2 Å². The van der Waals surface area contributed by atoms with Crippen molar-refractivity contribution < 1.29 is 21.2 Å². The Morgan fingerprint density at radius 2 is 0.889 bits per heavy atom. The van der Waals surface area contributed by atoms with Gasteiger partial charge < -0.3 is 0 Å². The van der Waals surface area contributed by atoms with Crippen molar-refractivity contribution in [1.29, 1.82) is 0 Å². The monoisotopic (exact) mass is 516 g/mol. The van der Waals surface area contributed by atoms with Gasteiger partial charge in [-0.15, -0.1) is 0 Å². The zero-order valence-corrected chi connectivity index (χ0v) is 22.3. The summed E-state index contributed by atoms with van der Waals surface area (Å²) in [6.07, 6.45) is 10.4. The molecule has 0 unspecified atom stereocenters. The third-order valence-corrected chi connectivity index (χ3v) is 10.6. The third-order valence-electron chi connectivity index (χ3n) is 3.86. The molecule has 0 aliphatic rings. The van der Waals surface area contributed by atoms with Crippen molar-refractivity contribution in [3.63, 3.8) is 0 Å². The van der Waals surface area contributed by atoms with Gasteiger partial charge in [0.05, 0.1) is 19.8 Å². The molecule has 5 nitrogen and oxygen atoms in total. The predicted octanol–water partition coefficient (Wildman–Crippen LogP) is 7.55. The maximum atomic E-state index is 12.2. The molecule has 164 valence electrons. The van der Waals surface area contributed by atoms with E-state index in [1.54, 1.807) is 0 Å². The summed E-state index contributed by atoms with van der Waals surface area (Å²) in [6, 6.07) is 0. The molecule has 0 fully saturated rings. The van der Waals surface area contributed by atoms with Gasteiger partial charge in [0.15, 0.2) is 0 Å². The number of hydrogen-bond acceptors (Lipinski definition) is 5. The molecule has 0 atom stereocenters. The molecule has 0 aromatic heterocycles. The molecule has 0 radical (unpaired) electrons. The van der Waals surface area contributed by atoms with Crippen molar-refractivity contribution in [3.8, 4) is 0 Å². The van der Waals surface area contributed by atoms with Gasteiger partial charge in [0.1, 0.15) is 0 Å². The first-order valence-corrected chi connectivity index (χ1v) is 17.7. The van der Waals surface area contributed by atoms with Crippen LogP contribution in [0.25, 0.3) is 0 Å². The van der Waals surface area contributed by atoms with Crippen molar-refractivity contribution in [1.82, 2.24) is 0 Å². The van der Waals surface area contributed by atoms with Gasteiger partial charge >= 0.3 is 79.0 Å². The van der Waals surface area contributed by atoms with Crippen LogP contribution in [0.4, 0.5) is 0 Å². The second kappa shape index (κ2) is 23.0. The minimum absolute atomic E-state index is 0.437. The minimum atomic E-state index is -3.31. The van der Waals surface area contributed by atoms with Crippen LogP contribution in [0.1, 0.15) is 98.8 Å². The summed E-state index contributed by atoms with van der Waals surface area (Å²) in [5.41, 5.74) is 0. The fourth-order valence-corrected chi connectivity index (χ4v) is 8.21. The van der Waals surface area contributed by atoms with Crippen LogP contribution >= 0.6 is 7.82 Å². The molecule has 0 amide bonds. The van der Waals surface area contributed by atoms with Gasteiger partial charge in [0.2, 0.25) is 0 Å². The van der Waals surface area contributed by atoms with Crippen LogP contribution in [-0.4, -0.2) is 39.6 Å². The van der Waals surface area contributed by atoms with E-state index in [4.69, 9.17) is 13.6 Å². The standard InChI is InChI=1S/C12H27O4P.2C4H9.O.Sn/c1-4-7-10-14-17(13,15-11-8-5-2)16-12-9-6-3;2*1-3-4-2;;/h4-12H2,1-3H3;2*1,3-4H2,2H3;;. The van der Waals surface area contributed by atoms with E-state index in [-0.39, 0.29) is 0 Å². The Morgan fingerprint density at radius 1 is 0.593 bits per heavy atom. The van der Waals surface area contributed by atoms with Crippen molar-refractivity contribution in [2.75, 3.05) is 19.8 Å². The third kappa shape index (κ3) is 22.9. The molecule has 0 N–H and O–H groups in total. The van der Waals surface area contributed by atoms with Crippen molar-refractivity contribution in [2.24, 2.45) is 0 Å². The molecule has 0 heterocycles. The van der Waals surface area contributed by atoms with Gasteiger partial charge in [-0.1, -0.05) is 40.0 Å². The van der Waals surface area contributed by atoms with Gasteiger partial charge in [0, 0.05) is 0 Å². The summed E-state index contributed by atoms with van der Waals surface area (Å²) in [5.74, 6) is 0. The van der Waals surface area contributed by atoms with Gasteiger partial charge in [-0.25, -0.2) is 4.57 Å². The summed E-state index contributed by atoms with van der Waals surface area (Å²) in [7, 11) is -3.31. The van der Waals surface area contributed by atoms with E-state index in [0.717, 1.165) is 47.4 Å². The first kappa shape index (κ1) is 29.9. The molecule has 0 bridgehead atoms. The zero-order valence-electron chi connectivity index (χ0n) is 18.6. The van der Waals surface area contributed by atoms with E-state index in [1.807, 2.05) is 0 Å². The number of phosphoric ester groups is 1.